The first kappa shape index (κ1) is 19.5. The van der Waals surface area contributed by atoms with E-state index in [2.05, 4.69) is 46.7 Å². The van der Waals surface area contributed by atoms with Crippen molar-refractivity contribution in [3.63, 3.8) is 0 Å². The van der Waals surface area contributed by atoms with Crippen LogP contribution in [-0.4, -0.2) is 10.2 Å². The monoisotopic (exact) mass is 407 g/mol. The van der Waals surface area contributed by atoms with Gasteiger partial charge in [0.1, 0.15) is 5.82 Å². The number of hydrogen-bond acceptors (Lipinski definition) is 5. The van der Waals surface area contributed by atoms with E-state index in [0.29, 0.717) is 11.8 Å². The summed E-state index contributed by atoms with van der Waals surface area (Å²) in [7, 11) is 0. The first-order valence-corrected chi connectivity index (χ1v) is 10.5. The van der Waals surface area contributed by atoms with Crippen LogP contribution in [0.25, 0.3) is 10.8 Å². The molecular weight excluding hydrogens is 385 g/mol. The average Bonchev–Trinajstić information content (AvgIpc) is 3.43. The molecule has 0 spiro atoms. The molecule has 0 aliphatic carbocycles. The maximum atomic E-state index is 13.9. The fraction of sp³-hybridized carbons (Fsp3) is 0.217. The lowest BCUT2D eigenvalue weighted by atomic mass is 9.96. The van der Waals surface area contributed by atoms with E-state index in [0.717, 1.165) is 22.4 Å². The zero-order valence-corrected chi connectivity index (χ0v) is 17.1. The van der Waals surface area contributed by atoms with Gasteiger partial charge in [-0.25, -0.2) is 4.39 Å². The van der Waals surface area contributed by atoms with Crippen LogP contribution in [0, 0.1) is 5.82 Å². The Hall–Kier alpha value is -2.83. The molecule has 148 valence electrons. The van der Waals surface area contributed by atoms with E-state index in [4.69, 9.17) is 4.42 Å². The van der Waals surface area contributed by atoms with Gasteiger partial charge in [0.2, 0.25) is 5.89 Å². The number of rotatable bonds is 7. The van der Waals surface area contributed by atoms with Crippen LogP contribution < -0.4 is 5.32 Å². The zero-order chi connectivity index (χ0) is 20.2. The molecule has 0 fully saturated rings. The summed E-state index contributed by atoms with van der Waals surface area (Å²) in [5, 5.41) is 13.9. The van der Waals surface area contributed by atoms with Crippen molar-refractivity contribution in [2.45, 2.75) is 32.4 Å². The van der Waals surface area contributed by atoms with Crippen molar-refractivity contribution in [3.05, 3.63) is 94.4 Å². The number of nitrogens with zero attached hydrogens (tertiary/aromatic N) is 2. The van der Waals surface area contributed by atoms with Crippen LogP contribution in [0.4, 0.5) is 4.39 Å². The molecule has 0 radical (unpaired) electrons. The van der Waals surface area contributed by atoms with Gasteiger partial charge in [0.25, 0.3) is 5.89 Å². The first-order valence-electron chi connectivity index (χ1n) is 9.61. The highest BCUT2D eigenvalue weighted by molar-refractivity contribution is 7.13. The third-order valence-electron chi connectivity index (χ3n) is 4.86. The minimum atomic E-state index is -0.259. The normalized spacial score (nSPS) is 13.3. The van der Waals surface area contributed by atoms with Crippen LogP contribution in [0.5, 0.6) is 0 Å². The van der Waals surface area contributed by atoms with Gasteiger partial charge in [-0.15, -0.1) is 21.5 Å². The average molecular weight is 408 g/mol. The zero-order valence-electron chi connectivity index (χ0n) is 16.3. The van der Waals surface area contributed by atoms with Crippen molar-refractivity contribution in [1.82, 2.24) is 15.5 Å². The molecule has 0 bridgehead atoms. The maximum Gasteiger partial charge on any atom is 0.257 e. The molecule has 4 nitrogen and oxygen atoms in total. The number of benzene rings is 2. The third-order valence-corrected chi connectivity index (χ3v) is 5.72. The SMILES string of the molecule is CCc1ccc([C@H](N[C@H](C)c2nnc(-c3cccs3)o2)c2cccc(F)c2)cc1. The topological polar surface area (TPSA) is 51.0 Å². The van der Waals surface area contributed by atoms with E-state index < -0.39 is 0 Å². The molecule has 2 heterocycles. The Morgan fingerprint density at radius 2 is 1.86 bits per heavy atom. The Labute approximate surface area is 173 Å². The molecule has 2 aromatic carbocycles. The van der Waals surface area contributed by atoms with Crippen LogP contribution in [0.2, 0.25) is 0 Å². The number of nitrogens with one attached hydrogen (secondary N) is 1. The van der Waals surface area contributed by atoms with E-state index in [1.807, 2.05) is 30.5 Å². The predicted octanol–water partition coefficient (Wildman–Crippen LogP) is 5.94. The number of thiophene rings is 1. The van der Waals surface area contributed by atoms with Gasteiger partial charge in [0, 0.05) is 0 Å². The van der Waals surface area contributed by atoms with Crippen LogP contribution in [-0.2, 0) is 6.42 Å². The highest BCUT2D eigenvalue weighted by Gasteiger charge is 2.22. The lowest BCUT2D eigenvalue weighted by Gasteiger charge is -2.23. The Morgan fingerprint density at radius 1 is 1.03 bits per heavy atom. The number of aromatic nitrogens is 2. The van der Waals surface area contributed by atoms with E-state index in [1.165, 1.54) is 11.6 Å². The summed E-state index contributed by atoms with van der Waals surface area (Å²) in [6.45, 7) is 4.10. The van der Waals surface area contributed by atoms with Gasteiger partial charge in [-0.05, 0) is 53.6 Å². The largest absolute Gasteiger partial charge is 0.418 e. The van der Waals surface area contributed by atoms with E-state index in [-0.39, 0.29) is 17.9 Å². The molecule has 4 aromatic rings. The molecule has 2 aromatic heterocycles. The summed E-state index contributed by atoms with van der Waals surface area (Å²) in [5.41, 5.74) is 3.16. The summed E-state index contributed by atoms with van der Waals surface area (Å²) in [6.07, 6.45) is 0.974. The van der Waals surface area contributed by atoms with Gasteiger partial charge in [0.05, 0.1) is 17.0 Å². The maximum absolute atomic E-state index is 13.9. The van der Waals surface area contributed by atoms with Crippen molar-refractivity contribution in [2.24, 2.45) is 0 Å². The minimum absolute atomic E-state index is 0.205. The van der Waals surface area contributed by atoms with Crippen LogP contribution in [0.1, 0.15) is 48.5 Å². The summed E-state index contributed by atoms with van der Waals surface area (Å²) in [6, 6.07) is 18.5. The summed E-state index contributed by atoms with van der Waals surface area (Å²) in [4.78, 5) is 0.938. The summed E-state index contributed by atoms with van der Waals surface area (Å²) < 4.78 is 19.8. The second kappa shape index (κ2) is 8.68. The number of hydrogen-bond donors (Lipinski definition) is 1. The van der Waals surface area contributed by atoms with E-state index in [1.54, 1.807) is 23.5 Å². The van der Waals surface area contributed by atoms with Gasteiger partial charge in [0.15, 0.2) is 0 Å². The molecule has 4 rings (SSSR count). The molecular formula is C23H22FN3OS. The fourth-order valence-electron chi connectivity index (χ4n) is 3.25. The minimum Gasteiger partial charge on any atom is -0.418 e. The van der Waals surface area contributed by atoms with Gasteiger partial charge in [-0.2, -0.15) is 0 Å². The number of halogens is 1. The Balaban J connectivity index is 1.62. The van der Waals surface area contributed by atoms with Crippen LogP contribution in [0.15, 0.2) is 70.5 Å². The predicted molar refractivity (Wildman–Crippen MR) is 113 cm³/mol. The van der Waals surface area contributed by atoms with Gasteiger partial charge in [-0.3, -0.25) is 5.32 Å². The van der Waals surface area contributed by atoms with Crippen LogP contribution in [0.3, 0.4) is 0 Å². The van der Waals surface area contributed by atoms with E-state index in [9.17, 15) is 4.39 Å². The molecule has 6 heteroatoms. The highest BCUT2D eigenvalue weighted by atomic mass is 32.1. The molecule has 0 saturated heterocycles. The second-order valence-electron chi connectivity index (χ2n) is 6.89. The molecule has 0 aliphatic rings. The molecule has 0 saturated carbocycles. The van der Waals surface area contributed by atoms with Gasteiger partial charge in [-0.1, -0.05) is 49.4 Å². The summed E-state index contributed by atoms with van der Waals surface area (Å²) >= 11 is 1.56. The molecule has 29 heavy (non-hydrogen) atoms. The fourth-order valence-corrected chi connectivity index (χ4v) is 3.89. The van der Waals surface area contributed by atoms with Crippen molar-refractivity contribution in [1.29, 1.82) is 0 Å². The molecule has 0 amide bonds. The quantitative estimate of drug-likeness (QED) is 0.412. The summed E-state index contributed by atoms with van der Waals surface area (Å²) in [5.74, 6) is 0.753. The van der Waals surface area contributed by atoms with Gasteiger partial charge < -0.3 is 4.42 Å². The Bertz CT molecular complexity index is 1060. The van der Waals surface area contributed by atoms with Crippen molar-refractivity contribution < 1.29 is 8.81 Å². The Kier molecular flexibility index (Phi) is 5.83. The third kappa shape index (κ3) is 4.44. The Morgan fingerprint density at radius 3 is 2.55 bits per heavy atom. The van der Waals surface area contributed by atoms with Crippen molar-refractivity contribution in [2.75, 3.05) is 0 Å². The lowest BCUT2D eigenvalue weighted by molar-refractivity contribution is 0.403. The van der Waals surface area contributed by atoms with Crippen LogP contribution >= 0.6 is 11.3 Å². The molecule has 1 N–H and O–H groups in total. The van der Waals surface area contributed by atoms with Crippen molar-refractivity contribution >= 4 is 11.3 Å². The lowest BCUT2D eigenvalue weighted by Crippen LogP contribution is -2.26. The number of aryl methyl sites for hydroxylation is 1. The van der Waals surface area contributed by atoms with Gasteiger partial charge >= 0.3 is 0 Å². The smallest absolute Gasteiger partial charge is 0.257 e. The molecule has 0 aliphatic heterocycles. The molecule has 2 atom stereocenters. The van der Waals surface area contributed by atoms with E-state index >= 15 is 0 Å². The van der Waals surface area contributed by atoms with Crippen molar-refractivity contribution in [3.8, 4) is 10.8 Å². The first-order chi connectivity index (χ1) is 14.1. The molecule has 0 unspecified atom stereocenters. The standard InChI is InChI=1S/C23H22FN3OS/c1-3-16-9-11-17(12-10-16)21(18-6-4-7-19(24)14-18)25-15(2)22-26-27-23(28-22)20-8-5-13-29-20/h4-15,21,25H,3H2,1-2H3/t15-,21+/m1/s1. The highest BCUT2D eigenvalue weighted by Crippen LogP contribution is 2.29. The second-order valence-corrected chi connectivity index (χ2v) is 7.84.